The van der Waals surface area contributed by atoms with Gasteiger partial charge in [-0.3, -0.25) is 15.3 Å². The first-order valence-corrected chi connectivity index (χ1v) is 9.20. The Bertz CT molecular complexity index is 1100. The molecule has 0 spiro atoms. The second kappa shape index (κ2) is 7.43. The first kappa shape index (κ1) is 19.0. The molecule has 1 aromatic heterocycles. The average molecular weight is 413 g/mol. The Balaban J connectivity index is 1.86. The number of amides is 1. The number of carbonyl (C=O) groups is 1. The standard InChI is InChI=1S/C16H11ClF2N4O3S/c17-10-2-1-3-11(6-10)27(25,26)23-22-16(24)14-13(18)5-4-12(15(14)19)9-7-20-21-8-9/h1-8,23H,(H,20,21)(H,22,24). The van der Waals surface area contributed by atoms with Crippen LogP contribution in [0.5, 0.6) is 0 Å². The summed E-state index contributed by atoms with van der Waals surface area (Å²) in [7, 11) is -4.19. The number of hydrazine groups is 1. The highest BCUT2D eigenvalue weighted by Gasteiger charge is 2.23. The minimum atomic E-state index is -4.19. The minimum Gasteiger partial charge on any atom is -0.285 e. The normalized spacial score (nSPS) is 11.4. The molecule has 3 aromatic rings. The second-order valence-electron chi connectivity index (χ2n) is 5.29. The van der Waals surface area contributed by atoms with Crippen LogP contribution >= 0.6 is 11.6 Å². The van der Waals surface area contributed by atoms with Crippen LogP contribution < -0.4 is 10.3 Å². The van der Waals surface area contributed by atoms with Crippen molar-refractivity contribution >= 4 is 27.5 Å². The first-order chi connectivity index (χ1) is 12.8. The maximum Gasteiger partial charge on any atom is 0.272 e. The fourth-order valence-electron chi connectivity index (χ4n) is 2.25. The van der Waals surface area contributed by atoms with Crippen molar-refractivity contribution < 1.29 is 22.0 Å². The zero-order valence-electron chi connectivity index (χ0n) is 13.3. The number of sulfonamides is 1. The number of nitrogens with one attached hydrogen (secondary N) is 3. The van der Waals surface area contributed by atoms with Crippen LogP contribution in [0.2, 0.25) is 5.02 Å². The zero-order valence-corrected chi connectivity index (χ0v) is 14.9. The van der Waals surface area contributed by atoms with Crippen LogP contribution in [0.15, 0.2) is 53.7 Å². The number of benzene rings is 2. The van der Waals surface area contributed by atoms with Crippen LogP contribution in [0.3, 0.4) is 0 Å². The Kier molecular flexibility index (Phi) is 5.22. The molecule has 3 rings (SSSR count). The molecule has 1 amide bonds. The SMILES string of the molecule is O=C(NNS(=O)(=O)c1cccc(Cl)c1)c1c(F)ccc(-c2cn[nH]c2)c1F. The van der Waals surface area contributed by atoms with Gasteiger partial charge in [-0.25, -0.2) is 17.2 Å². The number of hydrogen-bond donors (Lipinski definition) is 3. The summed E-state index contributed by atoms with van der Waals surface area (Å²) in [4.78, 5) is 13.7. The van der Waals surface area contributed by atoms with E-state index in [1.165, 1.54) is 30.6 Å². The predicted octanol–water partition coefficient (Wildman–Crippen LogP) is 2.63. The van der Waals surface area contributed by atoms with Crippen LogP contribution in [0.4, 0.5) is 8.78 Å². The highest BCUT2D eigenvalue weighted by Crippen LogP contribution is 2.26. The summed E-state index contributed by atoms with van der Waals surface area (Å²) >= 11 is 5.73. The Morgan fingerprint density at radius 2 is 1.96 bits per heavy atom. The number of halogens is 3. The van der Waals surface area contributed by atoms with E-state index in [4.69, 9.17) is 11.6 Å². The number of aromatic amines is 1. The molecular formula is C16H11ClF2N4O3S. The van der Waals surface area contributed by atoms with E-state index in [1.807, 2.05) is 0 Å². The average Bonchev–Trinajstić information content (AvgIpc) is 3.14. The minimum absolute atomic E-state index is 0.0759. The maximum absolute atomic E-state index is 14.6. The number of H-pyrrole nitrogens is 1. The quantitative estimate of drug-likeness (QED) is 0.560. The van der Waals surface area contributed by atoms with E-state index in [0.29, 0.717) is 5.56 Å². The van der Waals surface area contributed by atoms with Crippen molar-refractivity contribution in [3.8, 4) is 11.1 Å². The van der Waals surface area contributed by atoms with E-state index < -0.39 is 33.1 Å². The Morgan fingerprint density at radius 1 is 1.19 bits per heavy atom. The molecule has 0 radical (unpaired) electrons. The van der Waals surface area contributed by atoms with E-state index in [1.54, 1.807) is 10.3 Å². The van der Waals surface area contributed by atoms with E-state index in [9.17, 15) is 22.0 Å². The zero-order chi connectivity index (χ0) is 19.6. The number of nitrogens with zero attached hydrogens (tertiary/aromatic N) is 1. The second-order valence-corrected chi connectivity index (χ2v) is 7.41. The summed E-state index contributed by atoms with van der Waals surface area (Å²) in [6.07, 6.45) is 2.65. The van der Waals surface area contributed by atoms with Gasteiger partial charge in [-0.2, -0.15) is 5.10 Å². The summed E-state index contributed by atoms with van der Waals surface area (Å²) in [6, 6.07) is 7.28. The lowest BCUT2D eigenvalue weighted by Crippen LogP contribution is -2.42. The molecule has 7 nitrogen and oxygen atoms in total. The van der Waals surface area contributed by atoms with Gasteiger partial charge in [0.15, 0.2) is 0 Å². The highest BCUT2D eigenvalue weighted by molar-refractivity contribution is 7.89. The van der Waals surface area contributed by atoms with Crippen molar-refractivity contribution in [3.63, 3.8) is 0 Å². The molecule has 140 valence electrons. The molecule has 3 N–H and O–H groups in total. The van der Waals surface area contributed by atoms with Gasteiger partial charge >= 0.3 is 0 Å². The lowest BCUT2D eigenvalue weighted by Gasteiger charge is -2.11. The third kappa shape index (κ3) is 3.97. The van der Waals surface area contributed by atoms with Crippen LogP contribution in [0.1, 0.15) is 10.4 Å². The lowest BCUT2D eigenvalue weighted by atomic mass is 10.0. The Labute approximate surface area is 157 Å². The molecule has 0 saturated heterocycles. The smallest absolute Gasteiger partial charge is 0.272 e. The largest absolute Gasteiger partial charge is 0.285 e. The van der Waals surface area contributed by atoms with Gasteiger partial charge < -0.3 is 0 Å². The van der Waals surface area contributed by atoms with Crippen molar-refractivity contribution in [1.29, 1.82) is 0 Å². The molecule has 0 saturated carbocycles. The molecule has 0 aliphatic rings. The van der Waals surface area contributed by atoms with Gasteiger partial charge in [-0.15, -0.1) is 4.83 Å². The van der Waals surface area contributed by atoms with Gasteiger partial charge in [-0.1, -0.05) is 17.7 Å². The number of carbonyl (C=O) groups excluding carboxylic acids is 1. The van der Waals surface area contributed by atoms with Crippen LogP contribution in [0.25, 0.3) is 11.1 Å². The van der Waals surface area contributed by atoms with Crippen molar-refractivity contribution in [3.05, 3.63) is 71.0 Å². The number of aromatic nitrogens is 2. The maximum atomic E-state index is 14.6. The molecule has 0 unspecified atom stereocenters. The third-order valence-corrected chi connectivity index (χ3v) is 5.01. The van der Waals surface area contributed by atoms with E-state index in [-0.39, 0.29) is 15.5 Å². The van der Waals surface area contributed by atoms with Gasteiger partial charge in [-0.05, 0) is 30.3 Å². The summed E-state index contributed by atoms with van der Waals surface area (Å²) in [5.41, 5.74) is 1.06. The monoisotopic (exact) mass is 412 g/mol. The van der Waals surface area contributed by atoms with E-state index in [2.05, 4.69) is 10.2 Å². The number of rotatable bonds is 5. The first-order valence-electron chi connectivity index (χ1n) is 7.34. The van der Waals surface area contributed by atoms with E-state index >= 15 is 0 Å². The molecule has 1 heterocycles. The molecule has 27 heavy (non-hydrogen) atoms. The fourth-order valence-corrected chi connectivity index (χ4v) is 3.39. The third-order valence-electron chi connectivity index (χ3n) is 3.53. The molecule has 0 aliphatic carbocycles. The molecular weight excluding hydrogens is 402 g/mol. The summed E-state index contributed by atoms with van der Waals surface area (Å²) in [5, 5.41) is 6.29. The van der Waals surface area contributed by atoms with Gasteiger partial charge in [0.25, 0.3) is 15.9 Å². The molecule has 0 atom stereocenters. The lowest BCUT2D eigenvalue weighted by molar-refractivity contribution is 0.0936. The van der Waals surface area contributed by atoms with Crippen molar-refractivity contribution in [1.82, 2.24) is 20.5 Å². The number of hydrogen-bond acceptors (Lipinski definition) is 4. The Hall–Kier alpha value is -2.82. The molecule has 11 heteroatoms. The van der Waals surface area contributed by atoms with Gasteiger partial charge in [0.05, 0.1) is 11.1 Å². The molecule has 2 aromatic carbocycles. The van der Waals surface area contributed by atoms with Gasteiger partial charge in [0, 0.05) is 22.3 Å². The van der Waals surface area contributed by atoms with Crippen LogP contribution in [-0.2, 0) is 10.0 Å². The van der Waals surface area contributed by atoms with Crippen molar-refractivity contribution in [2.45, 2.75) is 4.90 Å². The molecule has 0 aliphatic heterocycles. The highest BCUT2D eigenvalue weighted by atomic mass is 35.5. The van der Waals surface area contributed by atoms with Crippen LogP contribution in [0, 0.1) is 11.6 Å². The molecule has 0 bridgehead atoms. The Morgan fingerprint density at radius 3 is 2.63 bits per heavy atom. The fraction of sp³-hybridized carbons (Fsp3) is 0. The summed E-state index contributed by atoms with van der Waals surface area (Å²) < 4.78 is 52.9. The van der Waals surface area contributed by atoms with Gasteiger partial charge in [0.2, 0.25) is 0 Å². The topological polar surface area (TPSA) is 104 Å². The summed E-state index contributed by atoms with van der Waals surface area (Å²) in [6.45, 7) is 0. The van der Waals surface area contributed by atoms with Gasteiger partial charge in [0.1, 0.15) is 17.2 Å². The van der Waals surface area contributed by atoms with Crippen molar-refractivity contribution in [2.24, 2.45) is 0 Å². The van der Waals surface area contributed by atoms with Crippen LogP contribution in [-0.4, -0.2) is 24.5 Å². The molecule has 0 fully saturated rings. The van der Waals surface area contributed by atoms with E-state index in [0.717, 1.165) is 18.2 Å². The predicted molar refractivity (Wildman–Crippen MR) is 93.2 cm³/mol. The van der Waals surface area contributed by atoms with Crippen molar-refractivity contribution in [2.75, 3.05) is 0 Å². The summed E-state index contributed by atoms with van der Waals surface area (Å²) in [5.74, 6) is -3.61.